The minimum absolute atomic E-state index is 0.0413. The number of nitrogens with zero attached hydrogens (tertiary/aromatic N) is 1. The van der Waals surface area contributed by atoms with E-state index in [1.807, 2.05) is 0 Å². The van der Waals surface area contributed by atoms with Crippen LogP contribution in [-0.4, -0.2) is 48.3 Å². The monoisotopic (exact) mass is 257 g/mol. The lowest BCUT2D eigenvalue weighted by molar-refractivity contribution is -0.141. The summed E-state index contributed by atoms with van der Waals surface area (Å²) in [5, 5.41) is 9.81. The van der Waals surface area contributed by atoms with E-state index in [1.165, 1.54) is 0 Å². The molecule has 1 unspecified atom stereocenters. The quantitative estimate of drug-likeness (QED) is 0.454. The molecule has 0 spiro atoms. The van der Waals surface area contributed by atoms with Gasteiger partial charge in [-0.3, -0.25) is 0 Å². The Balaban J connectivity index is 3.95. The van der Waals surface area contributed by atoms with Crippen molar-refractivity contribution in [3.63, 3.8) is 0 Å². The maximum atomic E-state index is 10.9. The first-order chi connectivity index (χ1) is 8.63. The van der Waals surface area contributed by atoms with Gasteiger partial charge in [-0.05, 0) is 25.9 Å². The number of rotatable bonds is 11. The highest BCUT2D eigenvalue weighted by Gasteiger charge is 2.12. The first-order valence-corrected chi connectivity index (χ1v) is 6.83. The van der Waals surface area contributed by atoms with Crippen molar-refractivity contribution in [3.05, 3.63) is 12.7 Å². The molecule has 0 aromatic carbocycles. The molecule has 4 heteroatoms. The summed E-state index contributed by atoms with van der Waals surface area (Å²) in [5.74, 6) is -0.484. The van der Waals surface area contributed by atoms with Crippen LogP contribution in [0.3, 0.4) is 0 Å². The van der Waals surface area contributed by atoms with Gasteiger partial charge in [-0.25, -0.2) is 4.79 Å². The third-order valence-electron chi connectivity index (χ3n) is 2.71. The van der Waals surface area contributed by atoms with Gasteiger partial charge in [-0.1, -0.05) is 33.3 Å². The number of aliphatic hydroxyl groups is 1. The highest BCUT2D eigenvalue weighted by atomic mass is 16.5. The van der Waals surface area contributed by atoms with Gasteiger partial charge < -0.3 is 14.7 Å². The second kappa shape index (κ2) is 11.2. The zero-order valence-corrected chi connectivity index (χ0v) is 11.7. The first-order valence-electron chi connectivity index (χ1n) is 6.83. The summed E-state index contributed by atoms with van der Waals surface area (Å²) >= 11 is 0. The molecule has 1 atom stereocenters. The van der Waals surface area contributed by atoms with E-state index in [9.17, 15) is 9.90 Å². The minimum atomic E-state index is -0.623. The summed E-state index contributed by atoms with van der Waals surface area (Å²) < 4.78 is 4.83. The number of hydrogen-bond donors (Lipinski definition) is 1. The van der Waals surface area contributed by atoms with E-state index in [-0.39, 0.29) is 6.61 Å². The molecule has 0 aromatic rings. The number of esters is 1. The van der Waals surface area contributed by atoms with Crippen molar-refractivity contribution in [2.75, 3.05) is 26.2 Å². The number of carbonyl (C=O) groups is 1. The SMILES string of the molecule is C=CC(=O)OCC(O)CN(CCCC)CCCC. The van der Waals surface area contributed by atoms with Crippen molar-refractivity contribution < 1.29 is 14.6 Å². The maximum absolute atomic E-state index is 10.9. The molecule has 0 rings (SSSR count). The van der Waals surface area contributed by atoms with E-state index >= 15 is 0 Å². The lowest BCUT2D eigenvalue weighted by Crippen LogP contribution is -2.36. The summed E-state index contributed by atoms with van der Waals surface area (Å²) in [4.78, 5) is 13.1. The average Bonchev–Trinajstić information content (AvgIpc) is 2.38. The number of hydrogen-bond acceptors (Lipinski definition) is 4. The Kier molecular flexibility index (Phi) is 10.7. The van der Waals surface area contributed by atoms with Crippen molar-refractivity contribution in [3.8, 4) is 0 Å². The number of aliphatic hydroxyl groups excluding tert-OH is 1. The molecule has 0 aromatic heterocycles. The highest BCUT2D eigenvalue weighted by Crippen LogP contribution is 2.01. The molecule has 0 aliphatic rings. The lowest BCUT2D eigenvalue weighted by Gasteiger charge is -2.24. The van der Waals surface area contributed by atoms with Crippen LogP contribution in [0.4, 0.5) is 0 Å². The number of unbranched alkanes of at least 4 members (excludes halogenated alkanes) is 2. The molecule has 18 heavy (non-hydrogen) atoms. The molecule has 0 bridgehead atoms. The van der Waals surface area contributed by atoms with E-state index in [0.29, 0.717) is 6.54 Å². The summed E-state index contributed by atoms with van der Waals surface area (Å²) in [6.07, 6.45) is 5.03. The Morgan fingerprint density at radius 2 is 1.89 bits per heavy atom. The molecule has 0 fully saturated rings. The van der Waals surface area contributed by atoms with Gasteiger partial charge in [0.15, 0.2) is 0 Å². The smallest absolute Gasteiger partial charge is 0.330 e. The number of carbonyl (C=O) groups excluding carboxylic acids is 1. The zero-order chi connectivity index (χ0) is 13.8. The van der Waals surface area contributed by atoms with Crippen LogP contribution in [0.1, 0.15) is 39.5 Å². The second-order valence-electron chi connectivity index (χ2n) is 4.50. The Morgan fingerprint density at radius 1 is 1.33 bits per heavy atom. The van der Waals surface area contributed by atoms with Crippen LogP contribution in [0, 0.1) is 0 Å². The normalized spacial score (nSPS) is 12.4. The molecular weight excluding hydrogens is 230 g/mol. The topological polar surface area (TPSA) is 49.8 Å². The molecule has 1 N–H and O–H groups in total. The maximum Gasteiger partial charge on any atom is 0.330 e. The molecular formula is C14H27NO3. The molecule has 0 amide bonds. The van der Waals surface area contributed by atoms with Gasteiger partial charge >= 0.3 is 5.97 Å². The summed E-state index contributed by atoms with van der Waals surface area (Å²) in [6, 6.07) is 0. The van der Waals surface area contributed by atoms with Crippen molar-refractivity contribution in [2.24, 2.45) is 0 Å². The molecule has 0 radical (unpaired) electrons. The van der Waals surface area contributed by atoms with Crippen molar-refractivity contribution in [2.45, 2.75) is 45.6 Å². The van der Waals surface area contributed by atoms with Crippen LogP contribution in [-0.2, 0) is 9.53 Å². The van der Waals surface area contributed by atoms with E-state index in [0.717, 1.165) is 44.8 Å². The predicted molar refractivity (Wildman–Crippen MR) is 73.4 cm³/mol. The largest absolute Gasteiger partial charge is 0.460 e. The van der Waals surface area contributed by atoms with Crippen LogP contribution < -0.4 is 0 Å². The third-order valence-corrected chi connectivity index (χ3v) is 2.71. The van der Waals surface area contributed by atoms with Crippen molar-refractivity contribution in [1.82, 2.24) is 4.90 Å². The Bertz CT molecular complexity index is 223. The fourth-order valence-corrected chi connectivity index (χ4v) is 1.65. The minimum Gasteiger partial charge on any atom is -0.460 e. The standard InChI is InChI=1S/C14H27NO3/c1-4-7-9-15(10-8-5-2)11-13(16)12-18-14(17)6-3/h6,13,16H,3-5,7-12H2,1-2H3. The molecule has 0 aliphatic heterocycles. The van der Waals surface area contributed by atoms with Crippen LogP contribution >= 0.6 is 0 Å². The predicted octanol–water partition coefficient (Wildman–Crippen LogP) is 1.98. The van der Waals surface area contributed by atoms with Gasteiger partial charge in [-0.2, -0.15) is 0 Å². The highest BCUT2D eigenvalue weighted by molar-refractivity contribution is 5.81. The molecule has 0 aliphatic carbocycles. The number of ether oxygens (including phenoxy) is 1. The molecule has 0 heterocycles. The summed E-state index contributed by atoms with van der Waals surface area (Å²) in [6.45, 7) is 10.2. The summed E-state index contributed by atoms with van der Waals surface area (Å²) in [5.41, 5.74) is 0. The Morgan fingerprint density at radius 3 is 2.33 bits per heavy atom. The van der Waals surface area contributed by atoms with E-state index < -0.39 is 12.1 Å². The van der Waals surface area contributed by atoms with Crippen LogP contribution in [0.15, 0.2) is 12.7 Å². The zero-order valence-electron chi connectivity index (χ0n) is 11.7. The van der Waals surface area contributed by atoms with Gasteiger partial charge in [0.2, 0.25) is 0 Å². The fourth-order valence-electron chi connectivity index (χ4n) is 1.65. The van der Waals surface area contributed by atoms with Crippen molar-refractivity contribution >= 4 is 5.97 Å². The van der Waals surface area contributed by atoms with Crippen molar-refractivity contribution in [1.29, 1.82) is 0 Å². The van der Waals surface area contributed by atoms with E-state index in [1.54, 1.807) is 0 Å². The third kappa shape index (κ3) is 9.19. The van der Waals surface area contributed by atoms with E-state index in [2.05, 4.69) is 25.3 Å². The molecule has 4 nitrogen and oxygen atoms in total. The van der Waals surface area contributed by atoms with Crippen LogP contribution in [0.25, 0.3) is 0 Å². The molecule has 106 valence electrons. The van der Waals surface area contributed by atoms with Gasteiger partial charge in [0.25, 0.3) is 0 Å². The second-order valence-corrected chi connectivity index (χ2v) is 4.50. The summed E-state index contributed by atoms with van der Waals surface area (Å²) in [7, 11) is 0. The van der Waals surface area contributed by atoms with Crippen LogP contribution in [0.5, 0.6) is 0 Å². The molecule has 0 saturated heterocycles. The fraction of sp³-hybridized carbons (Fsp3) is 0.786. The Labute approximate surface area is 111 Å². The average molecular weight is 257 g/mol. The first kappa shape index (κ1) is 17.1. The Hall–Kier alpha value is -0.870. The lowest BCUT2D eigenvalue weighted by atomic mass is 10.2. The van der Waals surface area contributed by atoms with Crippen LogP contribution in [0.2, 0.25) is 0 Å². The van der Waals surface area contributed by atoms with Gasteiger partial charge in [0.1, 0.15) is 12.7 Å². The van der Waals surface area contributed by atoms with E-state index in [4.69, 9.17) is 4.74 Å². The van der Waals surface area contributed by atoms with Gasteiger partial charge in [-0.15, -0.1) is 0 Å². The molecule has 0 saturated carbocycles. The van der Waals surface area contributed by atoms with Gasteiger partial charge in [0.05, 0.1) is 0 Å². The van der Waals surface area contributed by atoms with Gasteiger partial charge in [0, 0.05) is 12.6 Å².